The molecule has 0 aliphatic carbocycles. The zero-order valence-electron chi connectivity index (χ0n) is 15.1. The minimum Gasteiger partial charge on any atom is -0.487 e. The summed E-state index contributed by atoms with van der Waals surface area (Å²) in [5.74, 6) is -0.00641. The largest absolute Gasteiger partial charge is 0.487 e. The number of cyclic esters (lactones) is 1. The number of halogens is 2. The van der Waals surface area contributed by atoms with E-state index in [2.05, 4.69) is 43.4 Å². The molecule has 1 heterocycles. The molecule has 0 unspecified atom stereocenters. The number of esters is 1. The maximum Gasteiger partial charge on any atom is 0.363 e. The van der Waals surface area contributed by atoms with Gasteiger partial charge in [-0.2, -0.15) is 0 Å². The van der Waals surface area contributed by atoms with Crippen molar-refractivity contribution in [2.24, 2.45) is 4.99 Å². The maximum absolute atomic E-state index is 12.2. The van der Waals surface area contributed by atoms with E-state index < -0.39 is 10.9 Å². The van der Waals surface area contributed by atoms with Crippen molar-refractivity contribution in [1.82, 2.24) is 0 Å². The number of rotatable bonds is 6. The van der Waals surface area contributed by atoms with Crippen molar-refractivity contribution in [3.05, 3.63) is 84.4 Å². The van der Waals surface area contributed by atoms with Crippen LogP contribution < -0.4 is 4.74 Å². The molecule has 1 aliphatic rings. The van der Waals surface area contributed by atoms with E-state index in [1.54, 1.807) is 43.3 Å². The molecule has 3 rings (SSSR count). The Morgan fingerprint density at radius 3 is 2.59 bits per heavy atom. The summed E-state index contributed by atoms with van der Waals surface area (Å²) in [6.45, 7) is 5.59. The number of nitro benzene ring substituents is 1. The molecule has 29 heavy (non-hydrogen) atoms. The van der Waals surface area contributed by atoms with E-state index in [-0.39, 0.29) is 17.3 Å². The molecular weight excluding hydrogens is 508 g/mol. The molecule has 0 aromatic heterocycles. The second kappa shape index (κ2) is 8.71. The summed E-state index contributed by atoms with van der Waals surface area (Å²) in [6, 6.07) is 8.09. The molecule has 0 amide bonds. The number of hydrogen-bond acceptors (Lipinski definition) is 6. The Morgan fingerprint density at radius 1 is 1.28 bits per heavy atom. The van der Waals surface area contributed by atoms with E-state index >= 15 is 0 Å². The van der Waals surface area contributed by atoms with E-state index in [0.29, 0.717) is 38.0 Å². The van der Waals surface area contributed by atoms with Gasteiger partial charge in [0, 0.05) is 17.2 Å². The molecule has 148 valence electrons. The van der Waals surface area contributed by atoms with Gasteiger partial charge in [0.2, 0.25) is 5.90 Å². The Bertz CT molecular complexity index is 1070. The van der Waals surface area contributed by atoms with Crippen LogP contribution in [0.2, 0.25) is 0 Å². The lowest BCUT2D eigenvalue weighted by Crippen LogP contribution is -2.06. The Kier molecular flexibility index (Phi) is 6.29. The molecule has 2 aromatic rings. The second-order valence-corrected chi connectivity index (χ2v) is 7.72. The molecule has 0 radical (unpaired) electrons. The van der Waals surface area contributed by atoms with Gasteiger partial charge in [0.05, 0.1) is 13.9 Å². The van der Waals surface area contributed by atoms with Gasteiger partial charge < -0.3 is 9.47 Å². The van der Waals surface area contributed by atoms with Crippen LogP contribution in [-0.2, 0) is 9.53 Å². The molecule has 1 aliphatic heterocycles. The van der Waals surface area contributed by atoms with Crippen molar-refractivity contribution in [1.29, 1.82) is 0 Å². The first-order chi connectivity index (χ1) is 13.8. The Labute approximate surface area is 183 Å². The van der Waals surface area contributed by atoms with Crippen LogP contribution in [0, 0.1) is 17.0 Å². The predicted molar refractivity (Wildman–Crippen MR) is 116 cm³/mol. The van der Waals surface area contributed by atoms with Gasteiger partial charge in [-0.05, 0) is 68.6 Å². The smallest absolute Gasteiger partial charge is 0.363 e. The van der Waals surface area contributed by atoms with E-state index in [9.17, 15) is 14.9 Å². The third kappa shape index (κ3) is 4.63. The molecule has 0 saturated heterocycles. The fourth-order valence-corrected chi connectivity index (χ4v) is 4.02. The highest BCUT2D eigenvalue weighted by Gasteiger charge is 2.26. The molecule has 0 saturated carbocycles. The number of hydrogen-bond donors (Lipinski definition) is 0. The number of aryl methyl sites for hydroxylation is 1. The summed E-state index contributed by atoms with van der Waals surface area (Å²) in [7, 11) is 0. The third-order valence-electron chi connectivity index (χ3n) is 3.94. The topological polar surface area (TPSA) is 91.0 Å². The quantitative estimate of drug-likeness (QED) is 0.168. The van der Waals surface area contributed by atoms with Gasteiger partial charge in [0.1, 0.15) is 12.4 Å². The second-order valence-electron chi connectivity index (χ2n) is 6.01. The van der Waals surface area contributed by atoms with Gasteiger partial charge in [-0.3, -0.25) is 10.1 Å². The van der Waals surface area contributed by atoms with Crippen molar-refractivity contribution >= 4 is 55.5 Å². The summed E-state index contributed by atoms with van der Waals surface area (Å²) in [4.78, 5) is 27.1. The highest BCUT2D eigenvalue weighted by Crippen LogP contribution is 2.36. The van der Waals surface area contributed by atoms with Crippen LogP contribution in [-0.4, -0.2) is 23.4 Å². The van der Waals surface area contributed by atoms with E-state index in [0.717, 1.165) is 0 Å². The van der Waals surface area contributed by atoms with Crippen LogP contribution in [0.15, 0.2) is 62.6 Å². The lowest BCUT2D eigenvalue weighted by molar-refractivity contribution is -0.385. The number of carbonyl (C=O) groups excluding carboxylic acids is 1. The summed E-state index contributed by atoms with van der Waals surface area (Å²) in [5, 5.41) is 11.1. The molecule has 2 aromatic carbocycles. The van der Waals surface area contributed by atoms with Crippen LogP contribution in [0.25, 0.3) is 6.08 Å². The maximum atomic E-state index is 12.2. The Morgan fingerprint density at radius 2 is 1.97 bits per heavy atom. The van der Waals surface area contributed by atoms with E-state index in [1.807, 2.05) is 0 Å². The molecule has 7 nitrogen and oxygen atoms in total. The van der Waals surface area contributed by atoms with Crippen LogP contribution in [0.3, 0.4) is 0 Å². The number of nitro groups is 1. The van der Waals surface area contributed by atoms with Crippen LogP contribution in [0.4, 0.5) is 5.69 Å². The normalized spacial score (nSPS) is 14.5. The van der Waals surface area contributed by atoms with Crippen molar-refractivity contribution in [2.45, 2.75) is 6.92 Å². The number of aliphatic imine (C=N–C) groups is 1. The molecular formula is C20H14Br2N2O5. The van der Waals surface area contributed by atoms with Gasteiger partial charge in [-0.1, -0.05) is 18.7 Å². The van der Waals surface area contributed by atoms with Gasteiger partial charge in [-0.15, -0.1) is 0 Å². The van der Waals surface area contributed by atoms with Gasteiger partial charge in [-0.25, -0.2) is 9.79 Å². The molecule has 0 atom stereocenters. The fraction of sp³-hybridized carbons (Fsp3) is 0.100. The first-order valence-electron chi connectivity index (χ1n) is 8.31. The minimum absolute atomic E-state index is 0.0217. The highest BCUT2D eigenvalue weighted by molar-refractivity contribution is 9.11. The van der Waals surface area contributed by atoms with E-state index in [1.165, 1.54) is 6.07 Å². The fourth-order valence-electron chi connectivity index (χ4n) is 2.57. The summed E-state index contributed by atoms with van der Waals surface area (Å²) >= 11 is 6.87. The van der Waals surface area contributed by atoms with Crippen LogP contribution in [0.5, 0.6) is 5.75 Å². The highest BCUT2D eigenvalue weighted by atomic mass is 79.9. The first-order valence-corrected chi connectivity index (χ1v) is 9.89. The first kappa shape index (κ1) is 20.9. The number of ether oxygens (including phenoxy) is 2. The van der Waals surface area contributed by atoms with Crippen molar-refractivity contribution in [3.63, 3.8) is 0 Å². The lowest BCUT2D eigenvalue weighted by Gasteiger charge is -2.09. The summed E-state index contributed by atoms with van der Waals surface area (Å²) in [5.41, 5.74) is 1.56. The average molecular weight is 522 g/mol. The summed E-state index contributed by atoms with van der Waals surface area (Å²) in [6.07, 6.45) is 3.19. The molecule has 0 fully saturated rings. The molecule has 0 bridgehead atoms. The van der Waals surface area contributed by atoms with Crippen molar-refractivity contribution < 1.29 is 19.2 Å². The van der Waals surface area contributed by atoms with Gasteiger partial charge in [0.25, 0.3) is 5.69 Å². The lowest BCUT2D eigenvalue weighted by atomic mass is 10.1. The number of carbonyl (C=O) groups is 1. The number of nitrogens with zero attached hydrogens (tertiary/aromatic N) is 2. The predicted octanol–water partition coefficient (Wildman–Crippen LogP) is 5.34. The van der Waals surface area contributed by atoms with Crippen LogP contribution >= 0.6 is 31.9 Å². The average Bonchev–Trinajstić information content (AvgIpc) is 3.01. The number of benzene rings is 2. The summed E-state index contributed by atoms with van der Waals surface area (Å²) < 4.78 is 12.1. The van der Waals surface area contributed by atoms with Crippen molar-refractivity contribution in [2.75, 3.05) is 6.61 Å². The zero-order chi connectivity index (χ0) is 21.1. The van der Waals surface area contributed by atoms with Crippen molar-refractivity contribution in [3.8, 4) is 5.75 Å². The van der Waals surface area contributed by atoms with Gasteiger partial charge >= 0.3 is 5.97 Å². The SMILES string of the molecule is C=CCOc1c(Br)cc(/C=C2\N=C(c3ccc(C)c([N+](=O)[O-])c3)OC2=O)cc1Br. The Balaban J connectivity index is 1.94. The monoisotopic (exact) mass is 520 g/mol. The van der Waals surface area contributed by atoms with Gasteiger partial charge in [0.15, 0.2) is 5.70 Å². The molecule has 0 N–H and O–H groups in total. The zero-order valence-corrected chi connectivity index (χ0v) is 18.3. The molecule has 9 heteroatoms. The van der Waals surface area contributed by atoms with Crippen LogP contribution in [0.1, 0.15) is 16.7 Å². The molecule has 0 spiro atoms. The third-order valence-corrected chi connectivity index (χ3v) is 5.12. The standard InChI is InChI=1S/C20H14Br2N2O5/c1-3-6-28-18-14(21)7-12(8-15(18)22)9-16-20(25)29-19(23-16)13-5-4-11(2)17(10-13)24(26)27/h3-5,7-10H,1,6H2,2H3/b16-9-. The van der Waals surface area contributed by atoms with E-state index in [4.69, 9.17) is 9.47 Å². The minimum atomic E-state index is -0.637. The Hall–Kier alpha value is -2.78.